The Balaban J connectivity index is 1.18. The van der Waals surface area contributed by atoms with E-state index in [-0.39, 0.29) is 11.7 Å². The van der Waals surface area contributed by atoms with Crippen LogP contribution < -0.4 is 5.32 Å². The number of carbonyl (C=O) groups is 1. The fraction of sp³-hybridized carbons (Fsp3) is 0.435. The topological polar surface area (TPSA) is 45.5 Å². The third-order valence-electron chi connectivity index (χ3n) is 6.24. The molecule has 0 bridgehead atoms. The summed E-state index contributed by atoms with van der Waals surface area (Å²) < 4.78 is 19.0. The van der Waals surface area contributed by atoms with Gasteiger partial charge in [-0.3, -0.25) is 4.79 Å². The number of rotatable bonds is 4. The summed E-state index contributed by atoms with van der Waals surface area (Å²) in [5.74, 6) is 0.317. The van der Waals surface area contributed by atoms with Gasteiger partial charge in [0.15, 0.2) is 0 Å². The van der Waals surface area contributed by atoms with Crippen LogP contribution in [0.1, 0.15) is 50.9 Å². The second-order valence-electron chi connectivity index (χ2n) is 8.12. The van der Waals surface area contributed by atoms with Gasteiger partial charge in [-0.15, -0.1) is 11.3 Å². The first-order chi connectivity index (χ1) is 14.2. The number of hydrogen-bond donors (Lipinski definition) is 1. The van der Waals surface area contributed by atoms with Gasteiger partial charge in [0.05, 0.1) is 11.1 Å². The molecule has 1 fully saturated rings. The number of amides is 1. The monoisotopic (exact) mass is 412 g/mol. The van der Waals surface area contributed by atoms with Crippen LogP contribution in [0.5, 0.6) is 0 Å². The maximum absolute atomic E-state index is 13.4. The molecule has 2 aliphatic heterocycles. The Morgan fingerprint density at radius 2 is 2.10 bits per heavy atom. The van der Waals surface area contributed by atoms with E-state index < -0.39 is 0 Å². The molecule has 2 aromatic heterocycles. The lowest BCUT2D eigenvalue weighted by Gasteiger charge is -2.31. The van der Waals surface area contributed by atoms with Gasteiger partial charge >= 0.3 is 0 Å². The van der Waals surface area contributed by atoms with Crippen molar-refractivity contribution in [3.8, 4) is 0 Å². The lowest BCUT2D eigenvalue weighted by molar-refractivity contribution is 0.0960. The number of benzene rings is 1. The number of nitrogens with zero attached hydrogens (tertiary/aromatic N) is 1. The summed E-state index contributed by atoms with van der Waals surface area (Å²) in [5, 5.41) is 4.03. The summed E-state index contributed by atoms with van der Waals surface area (Å²) in [6.07, 6.45) is 7.03. The fourth-order valence-electron chi connectivity index (χ4n) is 4.62. The van der Waals surface area contributed by atoms with E-state index in [1.807, 2.05) is 12.3 Å². The number of thiophene rings is 1. The van der Waals surface area contributed by atoms with E-state index >= 15 is 0 Å². The second-order valence-corrected chi connectivity index (χ2v) is 9.26. The highest BCUT2D eigenvalue weighted by atomic mass is 32.1. The predicted octanol–water partition coefficient (Wildman–Crippen LogP) is 4.73. The molecule has 0 spiro atoms. The molecule has 4 heterocycles. The van der Waals surface area contributed by atoms with Gasteiger partial charge in [-0.05, 0) is 74.9 Å². The number of piperidine rings is 1. The average molecular weight is 413 g/mol. The molecule has 0 atom stereocenters. The summed E-state index contributed by atoms with van der Waals surface area (Å²) in [6.45, 7) is 3.94. The Kier molecular flexibility index (Phi) is 5.14. The molecule has 0 saturated carbocycles. The minimum absolute atomic E-state index is 0.0989. The lowest BCUT2D eigenvalue weighted by atomic mass is 9.89. The minimum Gasteiger partial charge on any atom is -0.464 e. The van der Waals surface area contributed by atoms with Crippen LogP contribution in [-0.4, -0.2) is 37.0 Å². The van der Waals surface area contributed by atoms with Crippen LogP contribution in [0, 0.1) is 5.82 Å². The van der Waals surface area contributed by atoms with Gasteiger partial charge in [-0.1, -0.05) is 0 Å². The number of nitrogens with one attached hydrogen (secondary N) is 1. The number of halogens is 1. The third-order valence-corrected chi connectivity index (χ3v) is 7.48. The van der Waals surface area contributed by atoms with Gasteiger partial charge in [-0.25, -0.2) is 4.39 Å². The van der Waals surface area contributed by atoms with Crippen LogP contribution in [0.2, 0.25) is 0 Å². The maximum atomic E-state index is 13.4. The average Bonchev–Trinajstić information content (AvgIpc) is 3.29. The van der Waals surface area contributed by atoms with Gasteiger partial charge in [0.2, 0.25) is 0 Å². The van der Waals surface area contributed by atoms with Crippen molar-refractivity contribution in [3.63, 3.8) is 0 Å². The van der Waals surface area contributed by atoms with Crippen LogP contribution in [0.4, 0.5) is 4.39 Å². The first kappa shape index (κ1) is 18.8. The van der Waals surface area contributed by atoms with Crippen molar-refractivity contribution in [2.45, 2.75) is 38.0 Å². The van der Waals surface area contributed by atoms with Crippen molar-refractivity contribution in [2.24, 2.45) is 0 Å². The zero-order chi connectivity index (χ0) is 19.8. The lowest BCUT2D eigenvalue weighted by Crippen LogP contribution is -2.34. The van der Waals surface area contributed by atoms with Crippen LogP contribution in [0.15, 0.2) is 34.9 Å². The van der Waals surface area contributed by atoms with Crippen molar-refractivity contribution in [1.82, 2.24) is 10.2 Å². The molecule has 0 aliphatic carbocycles. The smallest absolute Gasteiger partial charge is 0.261 e. The van der Waals surface area contributed by atoms with Crippen LogP contribution in [0.3, 0.4) is 0 Å². The number of likely N-dealkylation sites (tertiary alicyclic amines) is 1. The Hall–Kier alpha value is -2.18. The Labute approximate surface area is 173 Å². The van der Waals surface area contributed by atoms with E-state index in [2.05, 4.69) is 16.3 Å². The Bertz CT molecular complexity index is 1030. The summed E-state index contributed by atoms with van der Waals surface area (Å²) in [7, 11) is 0. The molecule has 0 radical (unpaired) electrons. The first-order valence-electron chi connectivity index (χ1n) is 10.5. The summed E-state index contributed by atoms with van der Waals surface area (Å²) in [5.41, 5.74) is 3.08. The summed E-state index contributed by atoms with van der Waals surface area (Å²) in [6, 6.07) is 7.07. The summed E-state index contributed by atoms with van der Waals surface area (Å²) >= 11 is 1.66. The number of fused-ring (bicyclic) bond motifs is 2. The van der Waals surface area contributed by atoms with E-state index in [0.29, 0.717) is 11.5 Å². The van der Waals surface area contributed by atoms with E-state index in [4.69, 9.17) is 4.42 Å². The van der Waals surface area contributed by atoms with E-state index in [9.17, 15) is 9.18 Å². The molecule has 1 aromatic carbocycles. The minimum atomic E-state index is -0.253. The Morgan fingerprint density at radius 3 is 2.97 bits per heavy atom. The zero-order valence-corrected chi connectivity index (χ0v) is 17.2. The molecule has 1 N–H and O–H groups in total. The van der Waals surface area contributed by atoms with Crippen molar-refractivity contribution in [3.05, 3.63) is 57.2 Å². The molecule has 2 aliphatic rings. The predicted molar refractivity (Wildman–Crippen MR) is 113 cm³/mol. The molecular formula is C23H25FN2O2S. The number of aryl methyl sites for hydroxylation is 1. The molecule has 5 rings (SSSR count). The second kappa shape index (κ2) is 7.92. The quantitative estimate of drug-likeness (QED) is 0.674. The van der Waals surface area contributed by atoms with Crippen molar-refractivity contribution in [2.75, 3.05) is 26.2 Å². The van der Waals surface area contributed by atoms with Crippen LogP contribution >= 0.6 is 11.3 Å². The van der Waals surface area contributed by atoms with Crippen molar-refractivity contribution in [1.29, 1.82) is 0 Å². The van der Waals surface area contributed by atoms with E-state index in [1.165, 1.54) is 28.1 Å². The first-order valence-corrected chi connectivity index (χ1v) is 11.3. The van der Waals surface area contributed by atoms with Gasteiger partial charge < -0.3 is 14.6 Å². The van der Waals surface area contributed by atoms with Gasteiger partial charge in [0, 0.05) is 35.0 Å². The molecule has 152 valence electrons. The summed E-state index contributed by atoms with van der Waals surface area (Å²) in [4.78, 5) is 16.9. The Morgan fingerprint density at radius 1 is 1.24 bits per heavy atom. The highest BCUT2D eigenvalue weighted by Gasteiger charge is 2.24. The van der Waals surface area contributed by atoms with Gasteiger partial charge in [0.1, 0.15) is 11.4 Å². The van der Waals surface area contributed by atoms with Crippen molar-refractivity contribution < 1.29 is 13.6 Å². The van der Waals surface area contributed by atoms with Gasteiger partial charge in [-0.2, -0.15) is 0 Å². The van der Waals surface area contributed by atoms with E-state index in [1.54, 1.807) is 11.3 Å². The molecule has 3 aromatic rings. The highest BCUT2D eigenvalue weighted by Crippen LogP contribution is 2.35. The normalized spacial score (nSPS) is 18.6. The van der Waals surface area contributed by atoms with Gasteiger partial charge in [0.25, 0.3) is 5.91 Å². The largest absolute Gasteiger partial charge is 0.464 e. The molecule has 4 nitrogen and oxygen atoms in total. The number of hydrogen-bond acceptors (Lipinski definition) is 4. The zero-order valence-electron chi connectivity index (χ0n) is 16.4. The fourth-order valence-corrected chi connectivity index (χ4v) is 5.74. The van der Waals surface area contributed by atoms with Crippen LogP contribution in [0.25, 0.3) is 11.0 Å². The van der Waals surface area contributed by atoms with E-state index in [0.717, 1.165) is 68.5 Å². The molecule has 6 heteroatoms. The number of furan rings is 1. The molecule has 1 saturated heterocycles. The molecule has 29 heavy (non-hydrogen) atoms. The SMILES string of the molecule is O=C1NCCCc2cc(CCN3CCC(c4coc5cc(F)ccc45)CC3)sc21. The molecular weight excluding hydrogens is 387 g/mol. The standard InChI is InChI=1S/C23H25FN2O2S/c24-17-3-4-19-20(14-28-21(19)13-17)15-5-9-26(10-6-15)11-7-18-12-16-2-1-8-25-23(27)22(16)29-18/h3-4,12-15H,1-2,5-11H2,(H,25,27). The third kappa shape index (κ3) is 3.83. The number of carbonyl (C=O) groups excluding carboxylic acids is 1. The van der Waals surface area contributed by atoms with Crippen molar-refractivity contribution >= 4 is 28.2 Å². The molecule has 1 amide bonds. The maximum Gasteiger partial charge on any atom is 0.261 e. The highest BCUT2D eigenvalue weighted by molar-refractivity contribution is 7.14. The molecule has 0 unspecified atom stereocenters. The van der Waals surface area contributed by atoms with Crippen LogP contribution in [-0.2, 0) is 12.8 Å².